The molecule has 7 heteroatoms. The molecule has 3 aromatic rings. The van der Waals surface area contributed by atoms with Gasteiger partial charge in [0.05, 0.1) is 10.2 Å². The standard InChI is InChI=1S/C11H17N3O.C8H5NOS.C2H6/c12-7-3-1-4-9-14-11(15)10-6-2-5-8-13-10;10-5-8-9-6-3-1-2-4-7(6)11-8;1-2/h2,5-6,8H,1,3-4,7,9,12H2,(H,14,15);1-5H;1-2H3. The van der Waals surface area contributed by atoms with Gasteiger partial charge in [-0.15, -0.1) is 11.3 Å². The van der Waals surface area contributed by atoms with Crippen molar-refractivity contribution in [3.63, 3.8) is 0 Å². The van der Waals surface area contributed by atoms with Gasteiger partial charge in [0.1, 0.15) is 5.69 Å². The molecule has 0 aliphatic heterocycles. The summed E-state index contributed by atoms with van der Waals surface area (Å²) >= 11 is 1.42. The second-order valence-electron chi connectivity index (χ2n) is 5.46. The molecule has 0 saturated carbocycles. The van der Waals surface area contributed by atoms with Gasteiger partial charge in [-0.25, -0.2) is 4.98 Å². The molecule has 3 N–H and O–H groups in total. The van der Waals surface area contributed by atoms with Gasteiger partial charge in [0.2, 0.25) is 0 Å². The fraction of sp³-hybridized carbons (Fsp3) is 0.333. The van der Waals surface area contributed by atoms with Crippen molar-refractivity contribution in [2.45, 2.75) is 33.1 Å². The minimum Gasteiger partial charge on any atom is -0.351 e. The van der Waals surface area contributed by atoms with Crippen molar-refractivity contribution in [2.24, 2.45) is 5.73 Å². The van der Waals surface area contributed by atoms with Crippen LogP contribution in [-0.4, -0.2) is 35.3 Å². The molecule has 3 rings (SSSR count). The number of aldehydes is 1. The molecule has 28 heavy (non-hydrogen) atoms. The Morgan fingerprint density at radius 2 is 1.86 bits per heavy atom. The molecule has 0 atom stereocenters. The third-order valence-corrected chi connectivity index (χ3v) is 4.44. The summed E-state index contributed by atoms with van der Waals surface area (Å²) < 4.78 is 1.06. The van der Waals surface area contributed by atoms with E-state index in [0.717, 1.165) is 35.8 Å². The second kappa shape index (κ2) is 14.4. The van der Waals surface area contributed by atoms with Gasteiger partial charge in [-0.3, -0.25) is 14.6 Å². The van der Waals surface area contributed by atoms with Crippen LogP contribution in [0.1, 0.15) is 53.4 Å². The van der Waals surface area contributed by atoms with Gasteiger partial charge in [0.25, 0.3) is 5.91 Å². The highest BCUT2D eigenvalue weighted by molar-refractivity contribution is 7.19. The number of para-hydroxylation sites is 1. The number of carbonyl (C=O) groups excluding carboxylic acids is 2. The molecular formula is C21H28N4O2S. The summed E-state index contributed by atoms with van der Waals surface area (Å²) in [6.45, 7) is 5.41. The fourth-order valence-corrected chi connectivity index (χ4v) is 2.96. The SMILES string of the molecule is CC.NCCCCCNC(=O)c1ccccn1.O=Cc1nc2ccccc2s1. The first-order valence-electron chi connectivity index (χ1n) is 9.44. The first kappa shape index (κ1) is 23.4. The van der Waals surface area contributed by atoms with Gasteiger partial charge in [0, 0.05) is 12.7 Å². The number of thiazole rings is 1. The Kier molecular flexibility index (Phi) is 12.1. The zero-order chi connectivity index (χ0) is 20.6. The molecule has 0 fully saturated rings. The number of nitrogens with zero attached hydrogens (tertiary/aromatic N) is 2. The Hall–Kier alpha value is -2.64. The van der Waals surface area contributed by atoms with Crippen LogP contribution in [0, 0.1) is 0 Å². The number of nitrogens with one attached hydrogen (secondary N) is 1. The molecule has 2 aromatic heterocycles. The van der Waals surface area contributed by atoms with Crippen molar-refractivity contribution in [1.29, 1.82) is 0 Å². The van der Waals surface area contributed by atoms with Crippen LogP contribution in [0.4, 0.5) is 0 Å². The summed E-state index contributed by atoms with van der Waals surface area (Å²) in [6.07, 6.45) is 5.43. The van der Waals surface area contributed by atoms with Gasteiger partial charge in [0.15, 0.2) is 11.3 Å². The zero-order valence-corrected chi connectivity index (χ0v) is 17.2. The lowest BCUT2D eigenvalue weighted by Gasteiger charge is -2.03. The number of hydrogen-bond acceptors (Lipinski definition) is 6. The van der Waals surface area contributed by atoms with Crippen molar-refractivity contribution in [1.82, 2.24) is 15.3 Å². The molecule has 0 saturated heterocycles. The largest absolute Gasteiger partial charge is 0.351 e. The average molecular weight is 401 g/mol. The molecule has 0 bridgehead atoms. The van der Waals surface area contributed by atoms with Crippen molar-refractivity contribution in [3.8, 4) is 0 Å². The van der Waals surface area contributed by atoms with Gasteiger partial charge in [-0.2, -0.15) is 0 Å². The van der Waals surface area contributed by atoms with E-state index in [-0.39, 0.29) is 5.91 Å². The lowest BCUT2D eigenvalue weighted by atomic mass is 10.2. The Morgan fingerprint density at radius 3 is 2.50 bits per heavy atom. The lowest BCUT2D eigenvalue weighted by Crippen LogP contribution is -2.25. The quantitative estimate of drug-likeness (QED) is 0.460. The van der Waals surface area contributed by atoms with Crippen LogP contribution in [0.25, 0.3) is 10.2 Å². The number of hydrogen-bond donors (Lipinski definition) is 2. The van der Waals surface area contributed by atoms with Gasteiger partial charge in [-0.05, 0) is 43.7 Å². The predicted octanol–water partition coefficient (Wildman–Crippen LogP) is 4.08. The van der Waals surface area contributed by atoms with Crippen molar-refractivity contribution in [3.05, 3.63) is 59.4 Å². The Labute approximate surface area is 170 Å². The molecule has 2 heterocycles. The van der Waals surface area contributed by atoms with E-state index in [9.17, 15) is 9.59 Å². The normalized spacial score (nSPS) is 9.54. The summed E-state index contributed by atoms with van der Waals surface area (Å²) in [5, 5.41) is 3.36. The maximum atomic E-state index is 11.5. The van der Waals surface area contributed by atoms with Gasteiger partial charge in [-0.1, -0.05) is 38.5 Å². The number of carbonyl (C=O) groups is 2. The van der Waals surface area contributed by atoms with Crippen LogP contribution >= 0.6 is 11.3 Å². The van der Waals surface area contributed by atoms with E-state index in [1.807, 2.05) is 38.1 Å². The smallest absolute Gasteiger partial charge is 0.269 e. The number of amides is 1. The third kappa shape index (κ3) is 8.37. The second-order valence-corrected chi connectivity index (χ2v) is 6.52. The molecule has 0 radical (unpaired) electrons. The molecule has 0 aliphatic rings. The topological polar surface area (TPSA) is 98.0 Å². The van der Waals surface area contributed by atoms with E-state index < -0.39 is 0 Å². The number of unbranched alkanes of at least 4 members (excludes halogenated alkanes) is 2. The fourth-order valence-electron chi connectivity index (χ4n) is 2.18. The molecule has 0 unspecified atom stereocenters. The van der Waals surface area contributed by atoms with E-state index in [1.54, 1.807) is 24.4 Å². The highest BCUT2D eigenvalue weighted by atomic mass is 32.1. The Balaban J connectivity index is 0.000000266. The summed E-state index contributed by atoms with van der Waals surface area (Å²) in [6, 6.07) is 13.0. The van der Waals surface area contributed by atoms with E-state index in [0.29, 0.717) is 23.8 Å². The number of benzene rings is 1. The number of fused-ring (bicyclic) bond motifs is 1. The molecule has 1 amide bonds. The van der Waals surface area contributed by atoms with Crippen LogP contribution in [0.15, 0.2) is 48.7 Å². The summed E-state index contributed by atoms with van der Waals surface area (Å²) in [7, 11) is 0. The van der Waals surface area contributed by atoms with Crippen LogP contribution in [0.2, 0.25) is 0 Å². The molecule has 0 aliphatic carbocycles. The average Bonchev–Trinajstić information content (AvgIpc) is 3.19. The van der Waals surface area contributed by atoms with Crippen molar-refractivity contribution >= 4 is 33.7 Å². The predicted molar refractivity (Wildman–Crippen MR) is 116 cm³/mol. The Bertz CT molecular complexity index is 788. The Morgan fingerprint density at radius 1 is 1.11 bits per heavy atom. The first-order valence-corrected chi connectivity index (χ1v) is 10.3. The first-order chi connectivity index (χ1) is 13.7. The molecular weight excluding hydrogens is 372 g/mol. The van der Waals surface area contributed by atoms with E-state index in [2.05, 4.69) is 15.3 Å². The maximum absolute atomic E-state index is 11.5. The lowest BCUT2D eigenvalue weighted by molar-refractivity contribution is 0.0947. The van der Waals surface area contributed by atoms with Crippen LogP contribution < -0.4 is 11.1 Å². The molecule has 1 aromatic carbocycles. The van der Waals surface area contributed by atoms with Gasteiger partial charge >= 0.3 is 0 Å². The van der Waals surface area contributed by atoms with Crippen LogP contribution in [-0.2, 0) is 0 Å². The molecule has 0 spiro atoms. The van der Waals surface area contributed by atoms with E-state index >= 15 is 0 Å². The van der Waals surface area contributed by atoms with Crippen molar-refractivity contribution in [2.75, 3.05) is 13.1 Å². The maximum Gasteiger partial charge on any atom is 0.269 e. The molecule has 6 nitrogen and oxygen atoms in total. The highest BCUT2D eigenvalue weighted by Gasteiger charge is 2.03. The highest BCUT2D eigenvalue weighted by Crippen LogP contribution is 2.19. The monoisotopic (exact) mass is 400 g/mol. The summed E-state index contributed by atoms with van der Waals surface area (Å²) in [4.78, 5) is 29.8. The van der Waals surface area contributed by atoms with Crippen molar-refractivity contribution < 1.29 is 9.59 Å². The minimum absolute atomic E-state index is 0.108. The minimum atomic E-state index is -0.108. The number of pyridine rings is 1. The van der Waals surface area contributed by atoms with E-state index in [4.69, 9.17) is 5.73 Å². The number of rotatable bonds is 7. The van der Waals surface area contributed by atoms with Crippen LogP contribution in [0.5, 0.6) is 0 Å². The number of nitrogens with two attached hydrogens (primary N) is 1. The van der Waals surface area contributed by atoms with E-state index in [1.165, 1.54) is 11.3 Å². The van der Waals surface area contributed by atoms with Crippen LogP contribution in [0.3, 0.4) is 0 Å². The number of aromatic nitrogens is 2. The molecule has 150 valence electrons. The third-order valence-electron chi connectivity index (χ3n) is 3.48. The summed E-state index contributed by atoms with van der Waals surface area (Å²) in [5.41, 5.74) is 6.74. The zero-order valence-electron chi connectivity index (χ0n) is 16.4. The summed E-state index contributed by atoms with van der Waals surface area (Å²) in [5.74, 6) is -0.108. The van der Waals surface area contributed by atoms with Gasteiger partial charge < -0.3 is 11.1 Å².